The van der Waals surface area contributed by atoms with Crippen LogP contribution in [0.1, 0.15) is 46.2 Å². The van der Waals surface area contributed by atoms with Crippen molar-refractivity contribution in [3.8, 4) is 6.07 Å². The van der Waals surface area contributed by atoms with Crippen molar-refractivity contribution in [2.75, 3.05) is 18.0 Å². The molecule has 0 spiro atoms. The Bertz CT molecular complexity index is 1580. The first kappa shape index (κ1) is 27.9. The summed E-state index contributed by atoms with van der Waals surface area (Å²) < 4.78 is 2.07. The number of piperidine rings is 1. The molecule has 0 radical (unpaired) electrons. The van der Waals surface area contributed by atoms with Crippen LogP contribution in [0.5, 0.6) is 0 Å². The molecule has 2 fully saturated rings. The molecule has 0 N–H and O–H groups in total. The van der Waals surface area contributed by atoms with Crippen LogP contribution in [0.15, 0.2) is 64.3 Å². The summed E-state index contributed by atoms with van der Waals surface area (Å²) >= 11 is 6.87. The Balaban J connectivity index is 1.45. The Morgan fingerprint density at radius 3 is 2.35 bits per heavy atom. The lowest BCUT2D eigenvalue weighted by molar-refractivity contribution is -0.122. The maximum absolute atomic E-state index is 13.5. The van der Waals surface area contributed by atoms with Crippen LogP contribution in [0, 0.1) is 31.1 Å². The number of nitrogens with zero attached hydrogens (tertiary/aromatic N) is 4. The van der Waals surface area contributed by atoms with Crippen molar-refractivity contribution in [2.24, 2.45) is 13.0 Å². The number of thioether (sulfide) groups is 1. The second-order valence-corrected chi connectivity index (χ2v) is 12.3. The first-order valence-electron chi connectivity index (χ1n) is 13.5. The Labute approximate surface area is 244 Å². The van der Waals surface area contributed by atoms with Gasteiger partial charge in [-0.2, -0.15) is 5.26 Å². The van der Waals surface area contributed by atoms with E-state index in [1.54, 1.807) is 23.4 Å². The van der Waals surface area contributed by atoms with Crippen LogP contribution in [0.2, 0.25) is 0 Å². The number of aromatic nitrogens is 1. The van der Waals surface area contributed by atoms with E-state index in [1.165, 1.54) is 17.3 Å². The van der Waals surface area contributed by atoms with Crippen LogP contribution in [0.3, 0.4) is 0 Å². The van der Waals surface area contributed by atoms with Gasteiger partial charge in [0.15, 0.2) is 0 Å². The van der Waals surface area contributed by atoms with Gasteiger partial charge in [-0.15, -0.1) is 0 Å². The topological polar surface area (TPSA) is 69.3 Å². The first-order chi connectivity index (χ1) is 19.3. The summed E-state index contributed by atoms with van der Waals surface area (Å²) in [5, 5.41) is 9.81. The van der Waals surface area contributed by atoms with Gasteiger partial charge in [-0.1, -0.05) is 84.1 Å². The fourth-order valence-corrected chi connectivity index (χ4v) is 6.77. The van der Waals surface area contributed by atoms with Crippen LogP contribution in [0.25, 0.3) is 6.08 Å². The molecule has 2 aliphatic heterocycles. The molecule has 2 aromatic carbocycles. The number of carbonyl (C=O) groups is 1. The molecule has 0 saturated carbocycles. The lowest BCUT2D eigenvalue weighted by Gasteiger charge is -2.36. The smallest absolute Gasteiger partial charge is 0.270 e. The van der Waals surface area contributed by atoms with Crippen molar-refractivity contribution in [2.45, 2.75) is 39.7 Å². The predicted octanol–water partition coefficient (Wildman–Crippen LogP) is 5.73. The maximum Gasteiger partial charge on any atom is 0.270 e. The van der Waals surface area contributed by atoms with Crippen LogP contribution in [0.4, 0.5) is 5.82 Å². The van der Waals surface area contributed by atoms with E-state index in [2.05, 4.69) is 35.2 Å². The quantitative estimate of drug-likeness (QED) is 0.279. The highest BCUT2D eigenvalue weighted by Crippen LogP contribution is 2.37. The number of rotatable bonds is 6. The molecule has 0 atom stereocenters. The highest BCUT2D eigenvalue weighted by Gasteiger charge is 2.33. The standard InChI is InChI=1S/C32H32N4O2S2/c1-21-9-11-25(12-10-21)20-36-31(38)28(40-32(36)39)18-26-22(2)27(19-33)30(37)34(3)29(26)35-15-13-24(14-16-35)17-23-7-5-4-6-8-23/h4-12,18,24H,13-17,20H2,1-3H3/b28-18+. The number of pyridine rings is 1. The molecule has 1 aromatic heterocycles. The Kier molecular flexibility index (Phi) is 8.24. The molecule has 2 aliphatic rings. The Hall–Kier alpha value is -3.67. The summed E-state index contributed by atoms with van der Waals surface area (Å²) in [7, 11) is 1.72. The highest BCUT2D eigenvalue weighted by atomic mass is 32.2. The molecule has 8 heteroatoms. The van der Waals surface area contributed by atoms with E-state index in [1.807, 2.05) is 43.3 Å². The first-order valence-corrected chi connectivity index (χ1v) is 14.7. The van der Waals surface area contributed by atoms with Crippen molar-refractivity contribution >= 4 is 46.1 Å². The summed E-state index contributed by atoms with van der Waals surface area (Å²) in [4.78, 5) is 31.0. The van der Waals surface area contributed by atoms with Gasteiger partial charge in [0.25, 0.3) is 11.5 Å². The van der Waals surface area contributed by atoms with Crippen LogP contribution < -0.4 is 10.5 Å². The van der Waals surface area contributed by atoms with Crippen LogP contribution in [-0.4, -0.2) is 32.8 Å². The molecule has 0 bridgehead atoms. The van der Waals surface area contributed by atoms with Gasteiger partial charge in [0.05, 0.1) is 11.4 Å². The largest absolute Gasteiger partial charge is 0.357 e. The molecule has 3 heterocycles. The summed E-state index contributed by atoms with van der Waals surface area (Å²) in [5.74, 6) is 1.16. The molecule has 1 amide bonds. The molecule has 40 heavy (non-hydrogen) atoms. The molecular weight excluding hydrogens is 537 g/mol. The van der Waals surface area contributed by atoms with Gasteiger partial charge in [-0.3, -0.25) is 19.1 Å². The number of carbonyl (C=O) groups excluding carboxylic acids is 1. The summed E-state index contributed by atoms with van der Waals surface area (Å²) in [6, 6.07) is 20.7. The SMILES string of the molecule is Cc1ccc(CN2C(=O)/C(=C\c3c(C)c(C#N)c(=O)n(C)c3N3CCC(Cc4ccccc4)CC3)SC2=S)cc1. The number of aryl methyl sites for hydroxylation is 1. The van der Waals surface area contributed by atoms with Crippen molar-refractivity contribution in [1.29, 1.82) is 5.26 Å². The van der Waals surface area contributed by atoms with E-state index in [0.717, 1.165) is 54.9 Å². The van der Waals surface area contributed by atoms with Gasteiger partial charge < -0.3 is 4.90 Å². The van der Waals surface area contributed by atoms with Crippen molar-refractivity contribution in [3.05, 3.63) is 103 Å². The number of benzene rings is 2. The van der Waals surface area contributed by atoms with Crippen LogP contribution >= 0.6 is 24.0 Å². The average Bonchev–Trinajstić information content (AvgIpc) is 3.22. The second-order valence-electron chi connectivity index (χ2n) is 10.6. The van der Waals surface area contributed by atoms with Crippen molar-refractivity contribution in [3.63, 3.8) is 0 Å². The minimum Gasteiger partial charge on any atom is -0.357 e. The van der Waals surface area contributed by atoms with E-state index in [9.17, 15) is 14.9 Å². The average molecular weight is 569 g/mol. The molecule has 6 nitrogen and oxygen atoms in total. The van der Waals surface area contributed by atoms with Gasteiger partial charge in [0.1, 0.15) is 21.8 Å². The maximum atomic E-state index is 13.5. The van der Waals surface area contributed by atoms with E-state index in [0.29, 0.717) is 27.3 Å². The summed E-state index contributed by atoms with van der Waals surface area (Å²) in [6.07, 6.45) is 4.87. The van der Waals surface area contributed by atoms with Crippen molar-refractivity contribution < 1.29 is 4.79 Å². The monoisotopic (exact) mass is 568 g/mol. The summed E-state index contributed by atoms with van der Waals surface area (Å²) in [5.41, 5.74) is 4.62. The van der Waals surface area contributed by atoms with Gasteiger partial charge >= 0.3 is 0 Å². The van der Waals surface area contributed by atoms with Gasteiger partial charge in [0.2, 0.25) is 0 Å². The molecule has 5 rings (SSSR count). The molecule has 204 valence electrons. The molecule has 0 aliphatic carbocycles. The third-order valence-electron chi connectivity index (χ3n) is 7.86. The normalized spacial score (nSPS) is 17.1. The third kappa shape index (κ3) is 5.63. The van der Waals surface area contributed by atoms with E-state index >= 15 is 0 Å². The third-order valence-corrected chi connectivity index (χ3v) is 9.24. The number of hydrogen-bond donors (Lipinski definition) is 0. The fourth-order valence-electron chi connectivity index (χ4n) is 5.53. The van der Waals surface area contributed by atoms with E-state index in [4.69, 9.17) is 12.2 Å². The van der Waals surface area contributed by atoms with E-state index in [-0.39, 0.29) is 17.0 Å². The van der Waals surface area contributed by atoms with Crippen LogP contribution in [-0.2, 0) is 24.8 Å². The second kappa shape index (κ2) is 11.8. The van der Waals surface area contributed by atoms with Gasteiger partial charge in [0, 0.05) is 25.7 Å². The van der Waals surface area contributed by atoms with Gasteiger partial charge in [-0.25, -0.2) is 0 Å². The number of amides is 1. The zero-order chi connectivity index (χ0) is 28.4. The zero-order valence-electron chi connectivity index (χ0n) is 23.0. The lowest BCUT2D eigenvalue weighted by Crippen LogP contribution is -2.39. The Morgan fingerprint density at radius 1 is 1.02 bits per heavy atom. The Morgan fingerprint density at radius 2 is 1.70 bits per heavy atom. The summed E-state index contributed by atoms with van der Waals surface area (Å²) in [6.45, 7) is 5.82. The van der Waals surface area contributed by atoms with E-state index < -0.39 is 0 Å². The van der Waals surface area contributed by atoms with Crippen molar-refractivity contribution in [1.82, 2.24) is 9.47 Å². The minimum absolute atomic E-state index is 0.103. The molecule has 3 aromatic rings. The highest BCUT2D eigenvalue weighted by molar-refractivity contribution is 8.26. The van der Waals surface area contributed by atoms with Gasteiger partial charge in [-0.05, 0) is 61.8 Å². The molecule has 2 saturated heterocycles. The molecular formula is C32H32N4O2S2. The molecule has 0 unspecified atom stereocenters. The fraction of sp³-hybridized carbons (Fsp3) is 0.312. The number of thiocarbonyl (C=S) groups is 1. The number of nitriles is 1. The minimum atomic E-state index is -0.314. The number of hydrogen-bond acceptors (Lipinski definition) is 6. The predicted molar refractivity (Wildman–Crippen MR) is 166 cm³/mol. The number of anilines is 1. The lowest BCUT2D eigenvalue weighted by atomic mass is 9.90. The zero-order valence-corrected chi connectivity index (χ0v) is 24.6.